The van der Waals surface area contributed by atoms with Gasteiger partial charge in [0.1, 0.15) is 5.82 Å². The third-order valence-electron chi connectivity index (χ3n) is 3.96. The summed E-state index contributed by atoms with van der Waals surface area (Å²) in [5, 5.41) is 3.23. The molecule has 1 saturated heterocycles. The van der Waals surface area contributed by atoms with Gasteiger partial charge in [0, 0.05) is 37.8 Å². The number of alkyl halides is 3. The van der Waals surface area contributed by atoms with Crippen molar-refractivity contribution in [3.8, 4) is 0 Å². The van der Waals surface area contributed by atoms with Gasteiger partial charge < -0.3 is 5.32 Å². The van der Waals surface area contributed by atoms with Crippen LogP contribution in [0.5, 0.6) is 0 Å². The minimum Gasteiger partial charge on any atom is -0.314 e. The molecule has 2 rings (SSSR count). The Labute approximate surface area is 152 Å². The summed E-state index contributed by atoms with van der Waals surface area (Å²) in [5.74, 6) is -0.784. The highest BCUT2D eigenvalue weighted by Gasteiger charge is 2.36. The van der Waals surface area contributed by atoms with Crippen LogP contribution in [0.3, 0.4) is 0 Å². The molecule has 0 saturated carbocycles. The second-order valence-electron chi connectivity index (χ2n) is 6.79. The highest BCUT2D eigenvalue weighted by atomic mass is 35.5. The lowest BCUT2D eigenvalue weighted by molar-refractivity contribution is -0.137. The second kappa shape index (κ2) is 8.70. The molecule has 1 aromatic rings. The number of nitrogens with zero attached hydrogens (tertiary/aromatic N) is 1. The first-order valence-electron chi connectivity index (χ1n) is 7.42. The van der Waals surface area contributed by atoms with E-state index in [0.29, 0.717) is 11.6 Å². The molecular weight excluding hydrogens is 367 g/mol. The first-order chi connectivity index (χ1) is 10.1. The zero-order valence-corrected chi connectivity index (χ0v) is 15.5. The van der Waals surface area contributed by atoms with E-state index < -0.39 is 17.6 Å². The van der Waals surface area contributed by atoms with Gasteiger partial charge in [-0.1, -0.05) is 26.8 Å². The Morgan fingerprint density at radius 2 is 1.58 bits per heavy atom. The smallest absolute Gasteiger partial charge is 0.314 e. The molecule has 1 aliphatic rings. The Morgan fingerprint density at radius 3 is 2.00 bits per heavy atom. The monoisotopic (exact) mass is 390 g/mol. The average molecular weight is 391 g/mol. The van der Waals surface area contributed by atoms with Gasteiger partial charge in [-0.3, -0.25) is 4.90 Å². The van der Waals surface area contributed by atoms with E-state index in [1.165, 1.54) is 6.07 Å². The number of halogens is 6. The van der Waals surface area contributed by atoms with Crippen LogP contribution >= 0.6 is 24.8 Å². The Kier molecular flexibility index (Phi) is 8.49. The van der Waals surface area contributed by atoms with Gasteiger partial charge in [-0.05, 0) is 17.5 Å². The van der Waals surface area contributed by atoms with Crippen molar-refractivity contribution in [3.05, 3.63) is 35.1 Å². The van der Waals surface area contributed by atoms with Gasteiger partial charge in [-0.2, -0.15) is 13.2 Å². The lowest BCUT2D eigenvalue weighted by Crippen LogP contribution is -2.48. The van der Waals surface area contributed by atoms with E-state index in [-0.39, 0.29) is 36.3 Å². The van der Waals surface area contributed by atoms with Crippen LogP contribution in [-0.4, -0.2) is 31.1 Å². The fraction of sp³-hybridized carbons (Fsp3) is 0.625. The number of benzene rings is 1. The molecule has 1 aliphatic heterocycles. The fourth-order valence-electron chi connectivity index (χ4n) is 3.08. The van der Waals surface area contributed by atoms with E-state index in [2.05, 4.69) is 10.2 Å². The van der Waals surface area contributed by atoms with Crippen molar-refractivity contribution in [2.45, 2.75) is 33.0 Å². The standard InChI is InChI=1S/C16H22F4N2.2ClH/c1-15(2,3)14(22-8-6-21-7-9-22)12-5-4-11(10-13(12)17)16(18,19)20;;/h4-5,10,14,21H,6-9H2,1-3H3;2*1H/t14-;;/m1../s1. The summed E-state index contributed by atoms with van der Waals surface area (Å²) in [7, 11) is 0. The van der Waals surface area contributed by atoms with Gasteiger partial charge in [0.15, 0.2) is 0 Å². The lowest BCUT2D eigenvalue weighted by Gasteiger charge is -2.42. The van der Waals surface area contributed by atoms with Gasteiger partial charge >= 0.3 is 6.18 Å². The molecule has 140 valence electrons. The van der Waals surface area contributed by atoms with Crippen LogP contribution in [-0.2, 0) is 6.18 Å². The Hall–Kier alpha value is -0.560. The maximum absolute atomic E-state index is 14.4. The topological polar surface area (TPSA) is 15.3 Å². The highest BCUT2D eigenvalue weighted by Crippen LogP contribution is 2.40. The summed E-state index contributed by atoms with van der Waals surface area (Å²) < 4.78 is 52.5. The first-order valence-corrected chi connectivity index (χ1v) is 7.42. The van der Waals surface area contributed by atoms with E-state index in [1.807, 2.05) is 20.8 Å². The third kappa shape index (κ3) is 5.48. The van der Waals surface area contributed by atoms with Crippen molar-refractivity contribution in [2.75, 3.05) is 26.2 Å². The van der Waals surface area contributed by atoms with Gasteiger partial charge in [0.05, 0.1) is 5.56 Å². The molecule has 1 aromatic carbocycles. The van der Waals surface area contributed by atoms with Crippen LogP contribution in [0.1, 0.15) is 37.9 Å². The Balaban J connectivity index is 0.00000264. The number of hydrogen-bond acceptors (Lipinski definition) is 2. The fourth-order valence-corrected chi connectivity index (χ4v) is 3.08. The predicted octanol–water partition coefficient (Wildman–Crippen LogP) is 4.68. The molecule has 1 atom stereocenters. The van der Waals surface area contributed by atoms with E-state index in [4.69, 9.17) is 0 Å². The maximum atomic E-state index is 14.4. The van der Waals surface area contributed by atoms with Crippen LogP contribution in [0.4, 0.5) is 17.6 Å². The van der Waals surface area contributed by atoms with Crippen molar-refractivity contribution in [1.29, 1.82) is 0 Å². The van der Waals surface area contributed by atoms with Crippen LogP contribution in [0.15, 0.2) is 18.2 Å². The third-order valence-corrected chi connectivity index (χ3v) is 3.96. The number of piperazine rings is 1. The molecule has 1 N–H and O–H groups in total. The normalized spacial score (nSPS) is 17.6. The minimum atomic E-state index is -4.52. The van der Waals surface area contributed by atoms with Crippen LogP contribution < -0.4 is 5.32 Å². The molecular formula is C16H24Cl2F4N2. The zero-order chi connectivity index (χ0) is 16.5. The van der Waals surface area contributed by atoms with Gasteiger partial charge in [-0.15, -0.1) is 24.8 Å². The summed E-state index contributed by atoms with van der Waals surface area (Å²) in [6.07, 6.45) is -4.52. The predicted molar refractivity (Wildman–Crippen MR) is 92.5 cm³/mol. The molecule has 24 heavy (non-hydrogen) atoms. The highest BCUT2D eigenvalue weighted by molar-refractivity contribution is 5.85. The number of rotatable bonds is 2. The van der Waals surface area contributed by atoms with E-state index >= 15 is 0 Å². The van der Waals surface area contributed by atoms with Crippen molar-refractivity contribution in [2.24, 2.45) is 5.41 Å². The second-order valence-corrected chi connectivity index (χ2v) is 6.79. The molecule has 0 bridgehead atoms. The molecule has 1 heterocycles. The van der Waals surface area contributed by atoms with Crippen molar-refractivity contribution in [3.63, 3.8) is 0 Å². The Morgan fingerprint density at radius 1 is 1.04 bits per heavy atom. The SMILES string of the molecule is CC(C)(C)[C@@H](c1ccc(C(F)(F)F)cc1F)N1CCNCC1.Cl.Cl. The summed E-state index contributed by atoms with van der Waals surface area (Å²) in [6.45, 7) is 9.05. The van der Waals surface area contributed by atoms with E-state index in [0.717, 1.165) is 32.2 Å². The molecule has 8 heteroatoms. The van der Waals surface area contributed by atoms with E-state index in [9.17, 15) is 17.6 Å². The molecule has 0 aliphatic carbocycles. The largest absolute Gasteiger partial charge is 0.416 e. The summed E-state index contributed by atoms with van der Waals surface area (Å²) >= 11 is 0. The molecule has 0 spiro atoms. The van der Waals surface area contributed by atoms with Gasteiger partial charge in [-0.25, -0.2) is 4.39 Å². The van der Waals surface area contributed by atoms with Gasteiger partial charge in [0.25, 0.3) is 0 Å². The number of nitrogens with one attached hydrogen (secondary N) is 1. The lowest BCUT2D eigenvalue weighted by atomic mass is 9.80. The molecule has 0 amide bonds. The van der Waals surface area contributed by atoms with Crippen LogP contribution in [0.25, 0.3) is 0 Å². The molecule has 1 fully saturated rings. The molecule has 0 aromatic heterocycles. The average Bonchev–Trinajstić information content (AvgIpc) is 2.39. The van der Waals surface area contributed by atoms with E-state index in [1.54, 1.807) is 0 Å². The molecule has 0 unspecified atom stereocenters. The van der Waals surface area contributed by atoms with Crippen molar-refractivity contribution < 1.29 is 17.6 Å². The van der Waals surface area contributed by atoms with Crippen molar-refractivity contribution in [1.82, 2.24) is 10.2 Å². The summed E-state index contributed by atoms with van der Waals surface area (Å²) in [4.78, 5) is 2.14. The number of hydrogen-bond donors (Lipinski definition) is 1. The molecule has 0 radical (unpaired) electrons. The van der Waals surface area contributed by atoms with Crippen LogP contribution in [0, 0.1) is 11.2 Å². The zero-order valence-electron chi connectivity index (χ0n) is 13.9. The first kappa shape index (κ1) is 23.4. The Bertz CT molecular complexity index is 524. The summed E-state index contributed by atoms with van der Waals surface area (Å²) in [6, 6.07) is 2.61. The quantitative estimate of drug-likeness (QED) is 0.737. The van der Waals surface area contributed by atoms with Crippen LogP contribution in [0.2, 0.25) is 0 Å². The summed E-state index contributed by atoms with van der Waals surface area (Å²) in [5.41, 5.74) is -0.887. The molecule has 2 nitrogen and oxygen atoms in total. The van der Waals surface area contributed by atoms with Crippen molar-refractivity contribution >= 4 is 24.8 Å². The minimum absolute atomic E-state index is 0. The maximum Gasteiger partial charge on any atom is 0.416 e. The van der Waals surface area contributed by atoms with Gasteiger partial charge in [0.2, 0.25) is 0 Å².